The first-order valence-electron chi connectivity index (χ1n) is 31.0. The molecule has 4 aliphatic rings. The molecule has 15 N–H and O–H groups in total. The number of ketones is 2. The number of carbonyl (C=O) groups is 8. The maximum atomic E-state index is 13.9. The van der Waals surface area contributed by atoms with E-state index in [-0.39, 0.29) is 88.7 Å². The number of allylic oxidation sites excluding steroid dienone is 4. The molecule has 0 aliphatic heterocycles. The number of aliphatic hydroxyl groups is 3. The number of Topliss-reactive ketones (excluding diaryl/α,β-unsaturated/α-hetero) is 1. The number of hydrogen-bond acceptors (Lipinski definition) is 19. The molecule has 0 heterocycles. The number of alkyl halides is 1. The van der Waals surface area contributed by atoms with Crippen LogP contribution in [-0.2, 0) is 60.7 Å². The lowest BCUT2D eigenvalue weighted by Gasteiger charge is -2.64. The van der Waals surface area contributed by atoms with E-state index in [1.165, 1.54) is 29.3 Å². The number of carboxylic acids is 2. The van der Waals surface area contributed by atoms with Crippen molar-refractivity contribution >= 4 is 71.2 Å². The Morgan fingerprint density at radius 1 is 0.708 bits per heavy atom. The minimum absolute atomic E-state index is 0. The van der Waals surface area contributed by atoms with Crippen LogP contribution in [0.2, 0.25) is 0 Å². The summed E-state index contributed by atoms with van der Waals surface area (Å²) in [5.74, 6) is -3.18. The molecular weight excluding hydrogens is 1270 g/mol. The predicted octanol–water partition coefficient (Wildman–Crippen LogP) is 6.60. The smallest absolute Gasteiger partial charge is 0.328 e. The Morgan fingerprint density at radius 3 is 1.58 bits per heavy atom. The number of methoxy groups -OCH3 is 2. The van der Waals surface area contributed by atoms with Gasteiger partial charge in [-0.05, 0) is 147 Å². The minimum atomic E-state index is -1.55. The highest BCUT2D eigenvalue weighted by Crippen LogP contribution is 2.72. The number of halogens is 1. The summed E-state index contributed by atoms with van der Waals surface area (Å²) in [6, 6.07) is 25.4. The van der Waals surface area contributed by atoms with Gasteiger partial charge < -0.3 is 86.9 Å². The molecule has 12 atom stereocenters. The molecule has 4 aromatic rings. The van der Waals surface area contributed by atoms with Crippen molar-refractivity contribution in [2.24, 2.45) is 28.6 Å². The lowest BCUT2D eigenvalue weighted by Crippen LogP contribution is -2.69. The third-order valence-corrected chi connectivity index (χ3v) is 19.1. The highest BCUT2D eigenvalue weighted by Gasteiger charge is 2.76. The minimum Gasteiger partial charge on any atom is -0.506 e. The van der Waals surface area contributed by atoms with Gasteiger partial charge in [0.2, 0.25) is 18.6 Å². The zero-order valence-corrected chi connectivity index (χ0v) is 56.2. The fourth-order valence-corrected chi connectivity index (χ4v) is 13.8. The Labute approximate surface area is 563 Å². The third-order valence-electron chi connectivity index (χ3n) is 18.1. The largest absolute Gasteiger partial charge is 0.506 e. The fraction of sp³-hybridized carbons (Fsp3) is 0.457. The van der Waals surface area contributed by atoms with Crippen molar-refractivity contribution in [2.75, 3.05) is 44.5 Å². The van der Waals surface area contributed by atoms with Crippen LogP contribution in [0, 0.1) is 28.6 Å². The number of esters is 2. The molecule has 0 spiro atoms. The number of phenolic OH excluding ortho intramolecular Hbond substituents is 2. The number of amides is 2. The number of fused-ring (bicyclic) bond motifs is 5. The van der Waals surface area contributed by atoms with Crippen molar-refractivity contribution in [3.05, 3.63) is 143 Å². The number of phenols is 2. The molecule has 0 saturated heterocycles. The van der Waals surface area contributed by atoms with Gasteiger partial charge in [-0.3, -0.25) is 28.8 Å². The van der Waals surface area contributed by atoms with Crippen LogP contribution >= 0.6 is 11.6 Å². The summed E-state index contributed by atoms with van der Waals surface area (Å²) in [5, 5.41) is 78.7. The maximum absolute atomic E-state index is 13.9. The summed E-state index contributed by atoms with van der Waals surface area (Å²) in [4.78, 5) is 89.6. The lowest BCUT2D eigenvalue weighted by molar-refractivity contribution is -0.203. The number of carboxylic acid groups (broad SMARTS) is 2. The van der Waals surface area contributed by atoms with Gasteiger partial charge in [0, 0.05) is 66.9 Å². The van der Waals surface area contributed by atoms with Gasteiger partial charge in [-0.25, -0.2) is 9.59 Å². The third kappa shape index (κ3) is 20.0. The predicted molar refractivity (Wildman–Crippen MR) is 358 cm³/mol. The number of rotatable bonds is 26. The molecule has 4 aliphatic carbocycles. The first-order chi connectivity index (χ1) is 44.5. The molecule has 96 heavy (non-hydrogen) atoms. The standard InChI is InChI=1S/C28H37ClO7.2C19H24N2O4.C4H4O4.2H2O/c1-6-23(33)35-15-22(32)28(36-24(34)7-2)16(3)12-20-19-9-8-17-13-18(30)10-11-25(17,4)27(19,29)21(31)14-26(20,28)5;2*1-13(9-14-3-6-16(25-2)7-4-14)20-11-19(24)15-5-8-18(23)17(10-15)21-12-22;5-3(6)1-2-4(7)8;;/h10-11,13,16,19-21,31H,6-9,12,14-15H2,1-5H3;2*3-8,10,12-13,19-20,23-24H,9,11H2,1-2H3,(H,21,22);1-2H,(H,5,6)(H,7,8);2*1H2/b;;;2-1+;;/t16-,19-,20-,21-,25-,26-,27-,28-;2*13-,19+;;;/m000.../s1. The van der Waals surface area contributed by atoms with E-state index in [0.29, 0.717) is 68.5 Å². The van der Waals surface area contributed by atoms with E-state index in [2.05, 4.69) is 21.3 Å². The van der Waals surface area contributed by atoms with E-state index < -0.39 is 75.9 Å². The van der Waals surface area contributed by atoms with Crippen molar-refractivity contribution in [1.82, 2.24) is 10.6 Å². The van der Waals surface area contributed by atoms with Gasteiger partial charge in [-0.15, -0.1) is 11.6 Å². The van der Waals surface area contributed by atoms with Gasteiger partial charge in [0.15, 0.2) is 18.0 Å². The van der Waals surface area contributed by atoms with Crippen LogP contribution in [-0.4, -0.2) is 158 Å². The average Bonchev–Trinajstić information content (AvgIpc) is 1.31. The maximum Gasteiger partial charge on any atom is 0.328 e. The van der Waals surface area contributed by atoms with Crippen LogP contribution < -0.4 is 30.7 Å². The second-order valence-electron chi connectivity index (χ2n) is 24.2. The first kappa shape index (κ1) is 81.7. The van der Waals surface area contributed by atoms with Gasteiger partial charge in [0.25, 0.3) is 0 Å². The Balaban J connectivity index is 0.000000358. The van der Waals surface area contributed by atoms with Gasteiger partial charge in [-0.1, -0.05) is 82.7 Å². The molecular formula is C70H93ClN4O21. The highest BCUT2D eigenvalue weighted by atomic mass is 35.5. The van der Waals surface area contributed by atoms with Crippen LogP contribution in [0.3, 0.4) is 0 Å². The van der Waals surface area contributed by atoms with E-state index in [0.717, 1.165) is 29.9 Å². The quantitative estimate of drug-likeness (QED) is 0.0104. The fourth-order valence-electron chi connectivity index (χ4n) is 13.3. The number of anilines is 2. The van der Waals surface area contributed by atoms with Crippen molar-refractivity contribution < 1.29 is 104 Å². The van der Waals surface area contributed by atoms with Crippen molar-refractivity contribution in [2.45, 2.75) is 141 Å². The van der Waals surface area contributed by atoms with Crippen LogP contribution in [0.15, 0.2) is 121 Å². The number of aromatic hydroxyl groups is 2. The van der Waals surface area contributed by atoms with Gasteiger partial charge in [0.1, 0.15) is 23.0 Å². The zero-order chi connectivity index (χ0) is 69.7. The van der Waals surface area contributed by atoms with E-state index in [1.54, 1.807) is 58.4 Å². The molecule has 25 nitrogen and oxygen atoms in total. The van der Waals surface area contributed by atoms with Crippen LogP contribution in [0.5, 0.6) is 23.0 Å². The molecule has 26 heteroatoms. The summed E-state index contributed by atoms with van der Waals surface area (Å²) in [6.07, 6.45) is 8.43. The number of carbonyl (C=O) groups excluding carboxylic acids is 6. The van der Waals surface area contributed by atoms with Crippen molar-refractivity contribution in [3.8, 4) is 23.0 Å². The number of ether oxygens (including phenoxy) is 4. The summed E-state index contributed by atoms with van der Waals surface area (Å²) in [7, 11) is 3.28. The average molecular weight is 1360 g/mol. The molecule has 3 saturated carbocycles. The number of aliphatic hydroxyl groups excluding tert-OH is 3. The highest BCUT2D eigenvalue weighted by molar-refractivity contribution is 6.26. The van der Waals surface area contributed by atoms with Crippen molar-refractivity contribution in [3.63, 3.8) is 0 Å². The topological polar surface area (TPSA) is 426 Å². The SMILES string of the molecule is CCC(=O)OCC(=O)[C@@]1(OC(=O)CC)[C@@H](C)C[C@H]2[C@@H]3CCC4=CC(=O)C=C[C@]4(C)[C@@]3(Cl)[C@@H](O)C[C@@]21C.COc1ccc(C[C@H](C)NC[C@@H](O)c2ccc(O)c(NC=O)c2)cc1.COc1ccc(C[C@H](C)NC[C@@H](O)c2ccc(O)c(NC=O)c2)cc1.O.O.O=C(O)/C=C/C(=O)O. The Morgan fingerprint density at radius 2 is 1.17 bits per heavy atom. The van der Waals surface area contributed by atoms with E-state index in [1.807, 2.05) is 89.2 Å². The van der Waals surface area contributed by atoms with Crippen LogP contribution in [0.4, 0.5) is 11.4 Å². The van der Waals surface area contributed by atoms with Gasteiger partial charge >= 0.3 is 23.9 Å². The molecule has 0 radical (unpaired) electrons. The van der Waals surface area contributed by atoms with Gasteiger partial charge in [0.05, 0.1) is 48.8 Å². The molecule has 2 amide bonds. The normalized spacial score (nSPS) is 23.8. The molecule has 3 fully saturated rings. The molecule has 526 valence electrons. The Hall–Kier alpha value is -8.53. The molecule has 0 aromatic heterocycles. The van der Waals surface area contributed by atoms with E-state index in [4.69, 9.17) is 40.8 Å². The number of nitrogens with one attached hydrogen (secondary N) is 4. The lowest BCUT2D eigenvalue weighted by atomic mass is 9.45. The van der Waals surface area contributed by atoms with E-state index in [9.17, 15) is 63.9 Å². The van der Waals surface area contributed by atoms with E-state index >= 15 is 0 Å². The second-order valence-corrected chi connectivity index (χ2v) is 24.9. The molecule has 4 aromatic carbocycles. The Bertz CT molecular complexity index is 3250. The summed E-state index contributed by atoms with van der Waals surface area (Å²) < 4.78 is 21.6. The summed E-state index contributed by atoms with van der Waals surface area (Å²) in [6.45, 7) is 13.4. The molecule has 0 bridgehead atoms. The monoisotopic (exact) mass is 1360 g/mol. The van der Waals surface area contributed by atoms with Crippen LogP contribution in [0.25, 0.3) is 0 Å². The number of aliphatic carboxylic acids is 2. The summed E-state index contributed by atoms with van der Waals surface area (Å²) >= 11 is 7.48. The molecule has 0 unspecified atom stereocenters. The number of hydrogen-bond donors (Lipinski definition) is 11. The zero-order valence-electron chi connectivity index (χ0n) is 55.4. The second kappa shape index (κ2) is 37.1. The van der Waals surface area contributed by atoms with Crippen LogP contribution in [0.1, 0.15) is 121 Å². The van der Waals surface area contributed by atoms with Gasteiger partial charge in [-0.2, -0.15) is 0 Å². The Kier molecular flexibility index (Phi) is 31.6. The summed E-state index contributed by atoms with van der Waals surface area (Å²) in [5.41, 5.74) is 1.87. The number of benzene rings is 4. The molecule has 8 rings (SSSR count). The first-order valence-corrected chi connectivity index (χ1v) is 31.4. The van der Waals surface area contributed by atoms with Crippen molar-refractivity contribution in [1.29, 1.82) is 0 Å².